The second kappa shape index (κ2) is 7.36. The molecule has 2 aromatic heterocycles. The molecule has 20 heavy (non-hydrogen) atoms. The average molecular weight is 290 g/mol. The summed E-state index contributed by atoms with van der Waals surface area (Å²) in [5.74, 6) is 0. The van der Waals surface area contributed by atoms with Gasteiger partial charge in [0.25, 0.3) is 0 Å². The molecule has 0 saturated heterocycles. The normalized spacial score (nSPS) is 11.0. The van der Waals surface area contributed by atoms with Crippen LogP contribution >= 0.6 is 11.3 Å². The Hall–Kier alpha value is -1.46. The van der Waals surface area contributed by atoms with E-state index in [9.17, 15) is 0 Å². The van der Waals surface area contributed by atoms with Gasteiger partial charge in [0.2, 0.25) is 0 Å². The number of nitrogens with one attached hydrogen (secondary N) is 1. The summed E-state index contributed by atoms with van der Waals surface area (Å²) in [6.45, 7) is 7.00. The third-order valence-corrected chi connectivity index (χ3v) is 4.01. The number of pyridine rings is 1. The van der Waals surface area contributed by atoms with Crippen molar-refractivity contribution in [2.24, 2.45) is 0 Å². The summed E-state index contributed by atoms with van der Waals surface area (Å²) in [6.07, 6.45) is 3.00. The predicted molar refractivity (Wildman–Crippen MR) is 85.0 cm³/mol. The van der Waals surface area contributed by atoms with Gasteiger partial charge in [0.05, 0.1) is 16.9 Å². The van der Waals surface area contributed by atoms with Crippen molar-refractivity contribution < 1.29 is 0 Å². The van der Waals surface area contributed by atoms with Crippen LogP contribution in [0.5, 0.6) is 0 Å². The molecule has 0 fully saturated rings. The van der Waals surface area contributed by atoms with Crippen LogP contribution in [0.1, 0.15) is 29.6 Å². The largest absolute Gasteiger partial charge is 0.385 e. The quantitative estimate of drug-likeness (QED) is 0.849. The number of hydrogen-bond donors (Lipinski definition) is 1. The summed E-state index contributed by atoms with van der Waals surface area (Å²) in [5, 5.41) is 3.40. The molecule has 0 bridgehead atoms. The number of hydrogen-bond acceptors (Lipinski definition) is 5. The summed E-state index contributed by atoms with van der Waals surface area (Å²) < 4.78 is 0. The smallest absolute Gasteiger partial charge is 0.0798 e. The zero-order valence-corrected chi connectivity index (χ0v) is 13.2. The van der Waals surface area contributed by atoms with E-state index in [0.29, 0.717) is 0 Å². The van der Waals surface area contributed by atoms with Gasteiger partial charge in [-0.1, -0.05) is 6.92 Å². The Labute approximate surface area is 124 Å². The molecule has 0 radical (unpaired) electrons. The maximum Gasteiger partial charge on any atom is 0.0798 e. The van der Waals surface area contributed by atoms with Gasteiger partial charge in [-0.05, 0) is 32.5 Å². The summed E-state index contributed by atoms with van der Waals surface area (Å²) in [6, 6.07) is 4.15. The molecule has 0 saturated carbocycles. The zero-order chi connectivity index (χ0) is 14.4. The Morgan fingerprint density at radius 3 is 2.85 bits per heavy atom. The van der Waals surface area contributed by atoms with Gasteiger partial charge in [-0.25, -0.2) is 4.98 Å². The molecule has 0 spiro atoms. The fourth-order valence-electron chi connectivity index (χ4n) is 2.00. The molecule has 0 aliphatic heterocycles. The van der Waals surface area contributed by atoms with E-state index in [1.807, 2.05) is 17.8 Å². The van der Waals surface area contributed by atoms with E-state index in [0.717, 1.165) is 43.1 Å². The van der Waals surface area contributed by atoms with Gasteiger partial charge in [0.1, 0.15) is 0 Å². The van der Waals surface area contributed by atoms with E-state index in [1.165, 1.54) is 4.88 Å². The highest BCUT2D eigenvalue weighted by Crippen LogP contribution is 2.16. The van der Waals surface area contributed by atoms with Crippen LogP contribution in [0.2, 0.25) is 0 Å². The monoisotopic (exact) mass is 290 g/mol. The van der Waals surface area contributed by atoms with Crippen LogP contribution in [0.15, 0.2) is 23.8 Å². The number of thiazole rings is 1. The lowest BCUT2D eigenvalue weighted by Gasteiger charge is -2.16. The van der Waals surface area contributed by atoms with Crippen LogP contribution < -0.4 is 5.32 Å². The van der Waals surface area contributed by atoms with E-state index in [2.05, 4.69) is 47.1 Å². The molecular formula is C15H22N4S. The van der Waals surface area contributed by atoms with Crippen LogP contribution in [0.25, 0.3) is 0 Å². The Morgan fingerprint density at radius 2 is 2.15 bits per heavy atom. The topological polar surface area (TPSA) is 41.1 Å². The second-order valence-electron chi connectivity index (χ2n) is 5.00. The van der Waals surface area contributed by atoms with Gasteiger partial charge in [-0.2, -0.15) is 0 Å². The molecule has 2 aromatic rings. The average Bonchev–Trinajstić information content (AvgIpc) is 2.82. The van der Waals surface area contributed by atoms with Crippen molar-refractivity contribution in [1.82, 2.24) is 14.9 Å². The van der Waals surface area contributed by atoms with Crippen molar-refractivity contribution in [2.45, 2.75) is 33.4 Å². The number of nitrogens with zero attached hydrogens (tertiary/aromatic N) is 3. The molecular weight excluding hydrogens is 268 g/mol. The number of aromatic nitrogens is 2. The van der Waals surface area contributed by atoms with E-state index >= 15 is 0 Å². The van der Waals surface area contributed by atoms with Gasteiger partial charge in [-0.3, -0.25) is 9.88 Å². The lowest BCUT2D eigenvalue weighted by Crippen LogP contribution is -2.18. The van der Waals surface area contributed by atoms with Crippen LogP contribution in [0.4, 0.5) is 5.69 Å². The molecule has 0 aliphatic carbocycles. The van der Waals surface area contributed by atoms with Crippen LogP contribution in [-0.2, 0) is 13.1 Å². The summed E-state index contributed by atoms with van der Waals surface area (Å²) >= 11 is 1.72. The Balaban J connectivity index is 1.93. The minimum atomic E-state index is 0.846. The number of aryl methyl sites for hydroxylation is 1. The molecule has 0 aliphatic rings. The van der Waals surface area contributed by atoms with E-state index in [1.54, 1.807) is 11.3 Å². The molecule has 2 rings (SSSR count). The number of anilines is 1. The molecule has 0 aromatic carbocycles. The fraction of sp³-hybridized carbons (Fsp3) is 0.467. The molecule has 108 valence electrons. The Morgan fingerprint density at radius 1 is 1.30 bits per heavy atom. The highest BCUT2D eigenvalue weighted by molar-refractivity contribution is 7.09. The SMILES string of the molecule is CCCNc1ccnc(CN(C)Cc2scnc2C)c1. The summed E-state index contributed by atoms with van der Waals surface area (Å²) in [7, 11) is 2.12. The second-order valence-corrected chi connectivity index (χ2v) is 5.94. The van der Waals surface area contributed by atoms with Crippen molar-refractivity contribution in [1.29, 1.82) is 0 Å². The van der Waals surface area contributed by atoms with Gasteiger partial charge in [-0.15, -0.1) is 11.3 Å². The molecule has 5 heteroatoms. The van der Waals surface area contributed by atoms with E-state index < -0.39 is 0 Å². The fourth-order valence-corrected chi connectivity index (χ4v) is 2.86. The minimum absolute atomic E-state index is 0.846. The molecule has 4 nitrogen and oxygen atoms in total. The van der Waals surface area contributed by atoms with Crippen LogP contribution in [0, 0.1) is 6.92 Å². The Bertz CT molecular complexity index is 538. The van der Waals surface area contributed by atoms with Crippen molar-refractivity contribution in [3.05, 3.63) is 40.1 Å². The first-order chi connectivity index (χ1) is 9.69. The van der Waals surface area contributed by atoms with Crippen LogP contribution in [0.3, 0.4) is 0 Å². The first kappa shape index (κ1) is 14.9. The first-order valence-electron chi connectivity index (χ1n) is 6.95. The van der Waals surface area contributed by atoms with Gasteiger partial charge in [0, 0.05) is 36.4 Å². The molecule has 1 N–H and O–H groups in total. The van der Waals surface area contributed by atoms with Crippen molar-refractivity contribution in [2.75, 3.05) is 18.9 Å². The minimum Gasteiger partial charge on any atom is -0.385 e. The van der Waals surface area contributed by atoms with Crippen molar-refractivity contribution in [3.8, 4) is 0 Å². The zero-order valence-electron chi connectivity index (χ0n) is 12.4. The molecule has 0 atom stereocenters. The highest BCUT2D eigenvalue weighted by atomic mass is 32.1. The number of rotatable bonds is 7. The van der Waals surface area contributed by atoms with Crippen molar-refractivity contribution >= 4 is 17.0 Å². The lowest BCUT2D eigenvalue weighted by atomic mass is 10.3. The molecule has 2 heterocycles. The highest BCUT2D eigenvalue weighted by Gasteiger charge is 2.07. The first-order valence-corrected chi connectivity index (χ1v) is 7.83. The third-order valence-electron chi connectivity index (χ3n) is 3.09. The van der Waals surface area contributed by atoms with Gasteiger partial charge in [0.15, 0.2) is 0 Å². The maximum atomic E-state index is 4.45. The van der Waals surface area contributed by atoms with Crippen LogP contribution in [-0.4, -0.2) is 28.5 Å². The van der Waals surface area contributed by atoms with E-state index in [-0.39, 0.29) is 0 Å². The van der Waals surface area contributed by atoms with Gasteiger partial charge < -0.3 is 5.32 Å². The maximum absolute atomic E-state index is 4.45. The summed E-state index contributed by atoms with van der Waals surface area (Å²) in [4.78, 5) is 12.3. The molecule has 0 unspecified atom stereocenters. The summed E-state index contributed by atoms with van der Waals surface area (Å²) in [5.41, 5.74) is 5.29. The third kappa shape index (κ3) is 4.28. The standard InChI is InChI=1S/C15H22N4S/c1-4-6-16-13-5-7-17-14(8-13)9-19(3)10-15-12(2)18-11-20-15/h5,7-8,11H,4,6,9-10H2,1-3H3,(H,16,17). The van der Waals surface area contributed by atoms with E-state index in [4.69, 9.17) is 0 Å². The predicted octanol–water partition coefficient (Wildman–Crippen LogP) is 3.30. The molecule has 0 amide bonds. The lowest BCUT2D eigenvalue weighted by molar-refractivity contribution is 0.317. The van der Waals surface area contributed by atoms with Crippen molar-refractivity contribution in [3.63, 3.8) is 0 Å². The van der Waals surface area contributed by atoms with Gasteiger partial charge >= 0.3 is 0 Å². The Kier molecular flexibility index (Phi) is 5.49.